The number of amides is 1. The molecular weight excluding hydrogens is 356 g/mol. The van der Waals surface area contributed by atoms with Crippen molar-refractivity contribution in [2.45, 2.75) is 38.6 Å². The Balaban J connectivity index is 0.00000225. The molecule has 0 radical (unpaired) electrons. The van der Waals surface area contributed by atoms with Crippen LogP contribution in [0.4, 0.5) is 0 Å². The van der Waals surface area contributed by atoms with Crippen molar-refractivity contribution in [3.8, 4) is 0 Å². The zero-order valence-electron chi connectivity index (χ0n) is 14.4. The maximum Gasteiger partial charge on any atom is 0.223 e. The third-order valence-electron chi connectivity index (χ3n) is 4.92. The van der Waals surface area contributed by atoms with Crippen LogP contribution in [0.25, 0.3) is 10.1 Å². The molecule has 25 heavy (non-hydrogen) atoms. The number of Topliss-reactive ketones (excluding diaryl/α,β-unsaturated/α-hetero) is 1. The van der Waals surface area contributed by atoms with Gasteiger partial charge in [0.05, 0.1) is 0 Å². The fourth-order valence-electron chi connectivity index (χ4n) is 3.50. The smallest absolute Gasteiger partial charge is 0.223 e. The first-order valence-corrected chi connectivity index (χ1v) is 9.47. The molecule has 0 bridgehead atoms. The number of fused-ring (bicyclic) bond motifs is 1. The average molecular weight is 381 g/mol. The Morgan fingerprint density at radius 2 is 2.04 bits per heavy atom. The summed E-state index contributed by atoms with van der Waals surface area (Å²) in [5.74, 6) is 0.724. The Morgan fingerprint density at radius 3 is 2.80 bits per heavy atom. The standard InChI is InChI=1S/C19H24N2O2S.ClH/c1-13-8-9-21(14(10-13)11-20)19(23)7-6-17(22)16-12-24-18-5-3-2-4-15(16)18;/h2-5,12-14H,6-11,20H2,1H3;1H. The van der Waals surface area contributed by atoms with E-state index in [0.29, 0.717) is 12.5 Å². The predicted molar refractivity (Wildman–Crippen MR) is 106 cm³/mol. The molecule has 2 aromatic rings. The van der Waals surface area contributed by atoms with Crippen molar-refractivity contribution in [2.75, 3.05) is 13.1 Å². The van der Waals surface area contributed by atoms with Gasteiger partial charge in [0.2, 0.25) is 5.91 Å². The van der Waals surface area contributed by atoms with Crippen molar-refractivity contribution in [3.63, 3.8) is 0 Å². The van der Waals surface area contributed by atoms with Crippen molar-refractivity contribution >= 4 is 45.5 Å². The first-order valence-electron chi connectivity index (χ1n) is 8.59. The van der Waals surface area contributed by atoms with E-state index in [4.69, 9.17) is 5.73 Å². The lowest BCUT2D eigenvalue weighted by Gasteiger charge is -2.38. The van der Waals surface area contributed by atoms with Gasteiger partial charge in [0.1, 0.15) is 0 Å². The van der Waals surface area contributed by atoms with Crippen LogP contribution in [0.1, 0.15) is 43.0 Å². The van der Waals surface area contributed by atoms with Crippen LogP contribution in [0, 0.1) is 5.92 Å². The largest absolute Gasteiger partial charge is 0.338 e. The number of piperidine rings is 1. The molecule has 1 aromatic heterocycles. The van der Waals surface area contributed by atoms with Crippen LogP contribution < -0.4 is 5.73 Å². The molecule has 1 fully saturated rings. The molecule has 3 rings (SSSR count). The van der Waals surface area contributed by atoms with Gasteiger partial charge in [-0.25, -0.2) is 0 Å². The van der Waals surface area contributed by atoms with Crippen LogP contribution in [-0.2, 0) is 4.79 Å². The van der Waals surface area contributed by atoms with Crippen molar-refractivity contribution in [1.82, 2.24) is 4.90 Å². The molecule has 2 N–H and O–H groups in total. The lowest BCUT2D eigenvalue weighted by atomic mass is 9.92. The monoisotopic (exact) mass is 380 g/mol. The number of nitrogens with two attached hydrogens (primary N) is 1. The molecule has 136 valence electrons. The number of carbonyl (C=O) groups is 2. The van der Waals surface area contributed by atoms with Gasteiger partial charge < -0.3 is 10.6 Å². The zero-order valence-corrected chi connectivity index (χ0v) is 16.1. The number of carbonyl (C=O) groups excluding carboxylic acids is 2. The molecule has 2 atom stereocenters. The molecule has 1 saturated heterocycles. The van der Waals surface area contributed by atoms with Crippen molar-refractivity contribution in [2.24, 2.45) is 11.7 Å². The number of ketones is 1. The van der Waals surface area contributed by atoms with E-state index in [2.05, 4.69) is 6.92 Å². The third-order valence-corrected chi connectivity index (χ3v) is 5.88. The minimum Gasteiger partial charge on any atom is -0.338 e. The molecule has 6 heteroatoms. The first kappa shape index (κ1) is 19.9. The number of nitrogens with zero attached hydrogens (tertiary/aromatic N) is 1. The van der Waals surface area contributed by atoms with Crippen molar-refractivity contribution < 1.29 is 9.59 Å². The highest BCUT2D eigenvalue weighted by Gasteiger charge is 2.29. The normalized spacial score (nSPS) is 20.3. The summed E-state index contributed by atoms with van der Waals surface area (Å²) in [6.45, 7) is 3.46. The fourth-order valence-corrected chi connectivity index (χ4v) is 4.46. The minimum absolute atomic E-state index is 0. The van der Waals surface area contributed by atoms with Gasteiger partial charge in [-0.15, -0.1) is 23.7 Å². The van der Waals surface area contributed by atoms with E-state index in [1.165, 1.54) is 0 Å². The second-order valence-corrected chi connectivity index (χ2v) is 7.59. The summed E-state index contributed by atoms with van der Waals surface area (Å²) >= 11 is 1.58. The lowest BCUT2D eigenvalue weighted by Crippen LogP contribution is -2.49. The molecule has 1 aliphatic rings. The van der Waals surface area contributed by atoms with E-state index >= 15 is 0 Å². The predicted octanol–water partition coefficient (Wildman–Crippen LogP) is 3.87. The summed E-state index contributed by atoms with van der Waals surface area (Å²) in [6, 6.07) is 8.02. The molecule has 0 aliphatic carbocycles. The molecule has 1 aromatic carbocycles. The van der Waals surface area contributed by atoms with Gasteiger partial charge in [-0.3, -0.25) is 9.59 Å². The van der Waals surface area contributed by atoms with E-state index in [0.717, 1.165) is 35.0 Å². The number of rotatable bonds is 5. The lowest BCUT2D eigenvalue weighted by molar-refractivity contribution is -0.135. The fraction of sp³-hybridized carbons (Fsp3) is 0.474. The van der Waals surface area contributed by atoms with Gasteiger partial charge in [-0.05, 0) is 24.8 Å². The Hall–Kier alpha value is -1.43. The molecule has 0 spiro atoms. The summed E-state index contributed by atoms with van der Waals surface area (Å²) in [5.41, 5.74) is 6.57. The maximum atomic E-state index is 12.5. The SMILES string of the molecule is CC1CCN(C(=O)CCC(=O)c2csc3ccccc23)C(CN)C1.Cl. The summed E-state index contributed by atoms with van der Waals surface area (Å²) in [6.07, 6.45) is 2.52. The van der Waals surface area contributed by atoms with Gasteiger partial charge >= 0.3 is 0 Å². The van der Waals surface area contributed by atoms with Crippen LogP contribution in [0.15, 0.2) is 29.6 Å². The van der Waals surface area contributed by atoms with Gasteiger partial charge in [0.25, 0.3) is 0 Å². The molecule has 2 heterocycles. The molecular formula is C19H25ClN2O2S. The Kier molecular flexibility index (Phi) is 6.99. The van der Waals surface area contributed by atoms with Gasteiger partial charge in [0, 0.05) is 53.0 Å². The van der Waals surface area contributed by atoms with Gasteiger partial charge in [-0.1, -0.05) is 25.1 Å². The Bertz CT molecular complexity index is 746. The Morgan fingerprint density at radius 1 is 1.28 bits per heavy atom. The third kappa shape index (κ3) is 4.40. The average Bonchev–Trinajstić information content (AvgIpc) is 3.03. The van der Waals surface area contributed by atoms with Crippen molar-refractivity contribution in [3.05, 3.63) is 35.2 Å². The summed E-state index contributed by atoms with van der Waals surface area (Å²) in [4.78, 5) is 26.9. The van der Waals surface area contributed by atoms with E-state index in [9.17, 15) is 9.59 Å². The van der Waals surface area contributed by atoms with E-state index in [-0.39, 0.29) is 43.0 Å². The van der Waals surface area contributed by atoms with Crippen LogP contribution >= 0.6 is 23.7 Å². The van der Waals surface area contributed by atoms with Crippen LogP contribution in [0.2, 0.25) is 0 Å². The number of benzene rings is 1. The topological polar surface area (TPSA) is 63.4 Å². The second-order valence-electron chi connectivity index (χ2n) is 6.67. The summed E-state index contributed by atoms with van der Waals surface area (Å²) in [5, 5.41) is 2.90. The highest BCUT2D eigenvalue weighted by Crippen LogP contribution is 2.27. The highest BCUT2D eigenvalue weighted by molar-refractivity contribution is 7.17. The molecule has 0 saturated carbocycles. The second kappa shape index (κ2) is 8.79. The van der Waals surface area contributed by atoms with E-state index in [1.807, 2.05) is 34.5 Å². The molecule has 4 nitrogen and oxygen atoms in total. The van der Waals surface area contributed by atoms with Crippen molar-refractivity contribution in [1.29, 1.82) is 0 Å². The molecule has 2 unspecified atom stereocenters. The van der Waals surface area contributed by atoms with Crippen LogP contribution in [0.3, 0.4) is 0 Å². The number of halogens is 1. The molecule has 1 aliphatic heterocycles. The summed E-state index contributed by atoms with van der Waals surface area (Å²) < 4.78 is 1.11. The molecule has 1 amide bonds. The van der Waals surface area contributed by atoms with Crippen LogP contribution in [0.5, 0.6) is 0 Å². The highest BCUT2D eigenvalue weighted by atomic mass is 35.5. The van der Waals surface area contributed by atoms with Gasteiger partial charge in [0.15, 0.2) is 5.78 Å². The number of hydrogen-bond donors (Lipinski definition) is 1. The minimum atomic E-state index is 0. The summed E-state index contributed by atoms with van der Waals surface area (Å²) in [7, 11) is 0. The quantitative estimate of drug-likeness (QED) is 0.801. The van der Waals surface area contributed by atoms with Gasteiger partial charge in [-0.2, -0.15) is 0 Å². The zero-order chi connectivity index (χ0) is 17.1. The number of likely N-dealkylation sites (tertiary alicyclic amines) is 1. The van der Waals surface area contributed by atoms with E-state index < -0.39 is 0 Å². The van der Waals surface area contributed by atoms with Crippen LogP contribution in [-0.4, -0.2) is 35.7 Å². The Labute approximate surface area is 158 Å². The number of hydrogen-bond acceptors (Lipinski definition) is 4. The first-order chi connectivity index (χ1) is 11.6. The maximum absolute atomic E-state index is 12.5. The number of thiophene rings is 1. The van der Waals surface area contributed by atoms with E-state index in [1.54, 1.807) is 11.3 Å².